The van der Waals surface area contributed by atoms with E-state index < -0.39 is 0 Å². The molecule has 2 aliphatic rings. The molecule has 0 bridgehead atoms. The van der Waals surface area contributed by atoms with Crippen LogP contribution in [0.25, 0.3) is 0 Å². The summed E-state index contributed by atoms with van der Waals surface area (Å²) in [7, 11) is 2.10. The van der Waals surface area contributed by atoms with E-state index in [9.17, 15) is 0 Å². The minimum Gasteiger partial charge on any atom is -0.317 e. The molecular weight excluding hydrogens is 134 g/mol. The van der Waals surface area contributed by atoms with Crippen LogP contribution in [0, 0.1) is 5.41 Å². The van der Waals surface area contributed by atoms with E-state index in [1.54, 1.807) is 0 Å². The van der Waals surface area contributed by atoms with Gasteiger partial charge in [0.05, 0.1) is 0 Å². The predicted octanol–water partition coefficient (Wildman–Crippen LogP) is 2.32. The van der Waals surface area contributed by atoms with E-state index in [0.29, 0.717) is 0 Å². The lowest BCUT2D eigenvalue weighted by molar-refractivity contribution is 0.0421. The van der Waals surface area contributed by atoms with Gasteiger partial charge in [0.25, 0.3) is 0 Å². The average molecular weight is 153 g/mol. The first kappa shape index (κ1) is 7.60. The Hall–Kier alpha value is -0.0400. The summed E-state index contributed by atoms with van der Waals surface area (Å²) >= 11 is 0. The summed E-state index contributed by atoms with van der Waals surface area (Å²) in [6.45, 7) is 0. The van der Waals surface area contributed by atoms with Gasteiger partial charge in [0.15, 0.2) is 0 Å². The Labute approximate surface area is 69.6 Å². The summed E-state index contributed by atoms with van der Waals surface area (Å²) in [5.41, 5.74) is 0.811. The van der Waals surface area contributed by atoms with Crippen molar-refractivity contribution in [2.45, 2.75) is 51.0 Å². The highest BCUT2D eigenvalue weighted by Crippen LogP contribution is 2.51. The zero-order chi connectivity index (χ0) is 7.73. The Morgan fingerprint density at radius 1 is 1.09 bits per heavy atom. The highest BCUT2D eigenvalue weighted by atomic mass is 14.9. The van der Waals surface area contributed by atoms with Crippen LogP contribution in [0.15, 0.2) is 0 Å². The summed E-state index contributed by atoms with van der Waals surface area (Å²) in [5.74, 6) is 0. The normalized spacial score (nSPS) is 30.3. The maximum Gasteiger partial charge on any atom is 0.00746 e. The maximum absolute atomic E-state index is 3.37. The van der Waals surface area contributed by atoms with Gasteiger partial charge in [-0.15, -0.1) is 0 Å². The topological polar surface area (TPSA) is 12.0 Å². The Morgan fingerprint density at radius 2 is 1.73 bits per heavy atom. The van der Waals surface area contributed by atoms with Crippen molar-refractivity contribution in [3.63, 3.8) is 0 Å². The first-order valence-corrected chi connectivity index (χ1v) is 5.02. The highest BCUT2D eigenvalue weighted by molar-refractivity contribution is 4.98. The third-order valence-electron chi connectivity index (χ3n) is 3.68. The molecule has 64 valence electrons. The molecule has 0 amide bonds. The predicted molar refractivity (Wildman–Crippen MR) is 47.6 cm³/mol. The second kappa shape index (κ2) is 2.78. The fraction of sp³-hybridized carbons (Fsp3) is 1.00. The Balaban J connectivity index is 1.84. The molecular formula is C10H19N. The molecule has 2 rings (SSSR count). The van der Waals surface area contributed by atoms with Gasteiger partial charge in [0.1, 0.15) is 0 Å². The second-order valence-corrected chi connectivity index (χ2v) is 4.45. The van der Waals surface area contributed by atoms with Gasteiger partial charge in [0, 0.05) is 6.04 Å². The van der Waals surface area contributed by atoms with Gasteiger partial charge in [-0.25, -0.2) is 0 Å². The van der Waals surface area contributed by atoms with Gasteiger partial charge in [0.2, 0.25) is 0 Å². The van der Waals surface area contributed by atoms with Crippen LogP contribution in [-0.2, 0) is 0 Å². The standard InChI is InChI=1S/C10H19N/c1-11-9-7-10(8-9)5-3-2-4-6-10/h9,11H,2-8H2,1H3. The minimum atomic E-state index is 0.811. The molecule has 11 heavy (non-hydrogen) atoms. The molecule has 0 aromatic rings. The number of rotatable bonds is 1. The lowest BCUT2D eigenvalue weighted by Gasteiger charge is -2.50. The van der Waals surface area contributed by atoms with E-state index in [-0.39, 0.29) is 0 Å². The maximum atomic E-state index is 3.37. The van der Waals surface area contributed by atoms with Gasteiger partial charge < -0.3 is 5.32 Å². The van der Waals surface area contributed by atoms with E-state index in [2.05, 4.69) is 12.4 Å². The van der Waals surface area contributed by atoms with Gasteiger partial charge in [-0.2, -0.15) is 0 Å². The molecule has 0 radical (unpaired) electrons. The van der Waals surface area contributed by atoms with Gasteiger partial charge in [-0.3, -0.25) is 0 Å². The average Bonchev–Trinajstić information content (AvgIpc) is 2.01. The molecule has 1 heteroatoms. The first-order valence-electron chi connectivity index (χ1n) is 5.02. The molecule has 0 aliphatic heterocycles. The van der Waals surface area contributed by atoms with Crippen LogP contribution in [0.3, 0.4) is 0 Å². The zero-order valence-corrected chi connectivity index (χ0v) is 7.53. The number of hydrogen-bond donors (Lipinski definition) is 1. The van der Waals surface area contributed by atoms with Crippen molar-refractivity contribution in [3.8, 4) is 0 Å². The summed E-state index contributed by atoms with van der Waals surface area (Å²) in [6.07, 6.45) is 10.4. The second-order valence-electron chi connectivity index (χ2n) is 4.45. The van der Waals surface area contributed by atoms with Gasteiger partial charge in [-0.1, -0.05) is 19.3 Å². The zero-order valence-electron chi connectivity index (χ0n) is 7.53. The van der Waals surface area contributed by atoms with Crippen molar-refractivity contribution in [3.05, 3.63) is 0 Å². The lowest BCUT2D eigenvalue weighted by atomic mass is 9.58. The lowest BCUT2D eigenvalue weighted by Crippen LogP contribution is -2.48. The largest absolute Gasteiger partial charge is 0.317 e. The summed E-state index contributed by atoms with van der Waals surface area (Å²) in [4.78, 5) is 0. The van der Waals surface area contributed by atoms with E-state index in [0.717, 1.165) is 11.5 Å². The van der Waals surface area contributed by atoms with E-state index in [1.165, 1.54) is 44.9 Å². The van der Waals surface area contributed by atoms with Crippen LogP contribution in [0.5, 0.6) is 0 Å². The summed E-state index contributed by atoms with van der Waals surface area (Å²) in [5, 5.41) is 3.37. The molecule has 0 saturated heterocycles. The van der Waals surface area contributed by atoms with Crippen LogP contribution >= 0.6 is 0 Å². The van der Waals surface area contributed by atoms with Crippen LogP contribution < -0.4 is 5.32 Å². The Morgan fingerprint density at radius 3 is 2.27 bits per heavy atom. The van der Waals surface area contributed by atoms with Crippen molar-refractivity contribution in [1.82, 2.24) is 5.32 Å². The SMILES string of the molecule is CNC1CC2(CCCCC2)C1. The molecule has 1 nitrogen and oxygen atoms in total. The molecule has 1 spiro atoms. The van der Waals surface area contributed by atoms with Crippen LogP contribution in [0.1, 0.15) is 44.9 Å². The van der Waals surface area contributed by atoms with E-state index in [1.807, 2.05) is 0 Å². The summed E-state index contributed by atoms with van der Waals surface area (Å²) in [6, 6.07) is 0.855. The van der Waals surface area contributed by atoms with Crippen molar-refractivity contribution in [2.24, 2.45) is 5.41 Å². The van der Waals surface area contributed by atoms with Crippen LogP contribution in [0.4, 0.5) is 0 Å². The van der Waals surface area contributed by atoms with E-state index in [4.69, 9.17) is 0 Å². The highest BCUT2D eigenvalue weighted by Gasteiger charge is 2.43. The molecule has 2 aliphatic carbocycles. The fourth-order valence-electron chi connectivity index (χ4n) is 2.90. The monoisotopic (exact) mass is 153 g/mol. The van der Waals surface area contributed by atoms with Crippen molar-refractivity contribution in [1.29, 1.82) is 0 Å². The Kier molecular flexibility index (Phi) is 1.92. The number of nitrogens with one attached hydrogen (secondary N) is 1. The molecule has 2 fully saturated rings. The third kappa shape index (κ3) is 1.31. The molecule has 0 aromatic carbocycles. The fourth-order valence-corrected chi connectivity index (χ4v) is 2.90. The quantitative estimate of drug-likeness (QED) is 0.609. The molecule has 2 saturated carbocycles. The smallest absolute Gasteiger partial charge is 0.00746 e. The summed E-state index contributed by atoms with van der Waals surface area (Å²) < 4.78 is 0. The van der Waals surface area contributed by atoms with Crippen LogP contribution in [-0.4, -0.2) is 13.1 Å². The molecule has 1 N–H and O–H groups in total. The van der Waals surface area contributed by atoms with Crippen molar-refractivity contribution >= 4 is 0 Å². The third-order valence-corrected chi connectivity index (χ3v) is 3.68. The van der Waals surface area contributed by atoms with Crippen molar-refractivity contribution in [2.75, 3.05) is 7.05 Å². The molecule has 0 unspecified atom stereocenters. The van der Waals surface area contributed by atoms with E-state index >= 15 is 0 Å². The molecule has 0 heterocycles. The first-order chi connectivity index (χ1) is 5.35. The molecule has 0 atom stereocenters. The van der Waals surface area contributed by atoms with Gasteiger partial charge in [-0.05, 0) is 38.1 Å². The van der Waals surface area contributed by atoms with Crippen molar-refractivity contribution < 1.29 is 0 Å². The van der Waals surface area contributed by atoms with Gasteiger partial charge >= 0.3 is 0 Å². The Bertz CT molecular complexity index is 128. The number of hydrogen-bond acceptors (Lipinski definition) is 1. The minimum absolute atomic E-state index is 0.811. The molecule has 0 aromatic heterocycles. The van der Waals surface area contributed by atoms with Crippen LogP contribution in [0.2, 0.25) is 0 Å².